The Hall–Kier alpha value is -1.36. The molecule has 17 heavy (non-hydrogen) atoms. The Morgan fingerprint density at radius 3 is 2.71 bits per heavy atom. The highest BCUT2D eigenvalue weighted by atomic mass is 79.9. The molecule has 2 N–H and O–H groups in total. The molecule has 4 nitrogen and oxygen atoms in total. The van der Waals surface area contributed by atoms with Gasteiger partial charge in [-0.05, 0) is 36.1 Å². The predicted molar refractivity (Wildman–Crippen MR) is 66.9 cm³/mol. The highest BCUT2D eigenvalue weighted by Crippen LogP contribution is 2.59. The van der Waals surface area contributed by atoms with Gasteiger partial charge in [-0.3, -0.25) is 9.59 Å². The van der Waals surface area contributed by atoms with Crippen LogP contribution in [0.25, 0.3) is 0 Å². The van der Waals surface area contributed by atoms with Crippen molar-refractivity contribution in [2.24, 2.45) is 5.92 Å². The molecule has 1 amide bonds. The number of hydrogen-bond donors (Lipinski definition) is 2. The number of anilines is 1. The van der Waals surface area contributed by atoms with Crippen LogP contribution in [0.5, 0.6) is 0 Å². The Morgan fingerprint density at radius 1 is 1.59 bits per heavy atom. The summed E-state index contributed by atoms with van der Waals surface area (Å²) in [5, 5.41) is 9.84. The first-order valence-corrected chi connectivity index (χ1v) is 6.05. The van der Waals surface area contributed by atoms with Crippen LogP contribution >= 0.6 is 15.9 Å². The Morgan fingerprint density at radius 2 is 2.18 bits per heavy atom. The van der Waals surface area contributed by atoms with E-state index in [1.54, 1.807) is 0 Å². The lowest BCUT2D eigenvalue weighted by Gasteiger charge is -2.05. The predicted octanol–water partition coefficient (Wildman–Crippen LogP) is 2.38. The zero-order valence-corrected chi connectivity index (χ0v) is 10.8. The third-order valence-corrected chi connectivity index (χ3v) is 3.92. The first-order chi connectivity index (χ1) is 8.06. The number of nitrogens with one attached hydrogen (secondary N) is 1. The molecule has 5 heteroatoms. The number of halogens is 1. The van der Waals surface area contributed by atoms with Gasteiger partial charge in [0.2, 0.25) is 5.91 Å². The Labute approximate surface area is 107 Å². The molecule has 1 spiro atoms. The summed E-state index contributed by atoms with van der Waals surface area (Å²) in [6.45, 7) is 1.88. The molecule has 2 aliphatic rings. The Kier molecular flexibility index (Phi) is 2.95. The summed E-state index contributed by atoms with van der Waals surface area (Å²) < 4.78 is 1.05. The molecule has 2 unspecified atom stereocenters. The van der Waals surface area contributed by atoms with E-state index in [-0.39, 0.29) is 17.8 Å². The van der Waals surface area contributed by atoms with Crippen molar-refractivity contribution in [2.75, 3.05) is 5.32 Å². The maximum Gasteiger partial charge on any atom is 0.290 e. The fraction of sp³-hybridized carbons (Fsp3) is 0.333. The molecule has 0 bridgehead atoms. The van der Waals surface area contributed by atoms with E-state index in [2.05, 4.69) is 34.2 Å². The van der Waals surface area contributed by atoms with Gasteiger partial charge in [0.05, 0.1) is 5.41 Å². The van der Waals surface area contributed by atoms with Gasteiger partial charge < -0.3 is 10.4 Å². The molecule has 1 aromatic rings. The van der Waals surface area contributed by atoms with E-state index in [0.717, 1.165) is 16.6 Å². The minimum absolute atomic E-state index is 0.179. The summed E-state index contributed by atoms with van der Waals surface area (Å²) in [5.41, 5.74) is 1.96. The fourth-order valence-corrected chi connectivity index (χ4v) is 2.83. The number of benzene rings is 1. The van der Waals surface area contributed by atoms with Crippen LogP contribution < -0.4 is 5.32 Å². The molecule has 1 aliphatic carbocycles. The van der Waals surface area contributed by atoms with E-state index in [1.165, 1.54) is 5.56 Å². The molecule has 2 atom stereocenters. The molecule has 3 rings (SSSR count). The number of amides is 1. The molecule has 0 aromatic heterocycles. The highest BCUT2D eigenvalue weighted by Gasteiger charge is 2.62. The van der Waals surface area contributed by atoms with Crippen molar-refractivity contribution in [3.8, 4) is 0 Å². The lowest BCUT2D eigenvalue weighted by molar-refractivity contribution is -0.123. The number of carbonyl (C=O) groups is 2. The van der Waals surface area contributed by atoms with E-state index >= 15 is 0 Å². The quantitative estimate of drug-likeness (QED) is 0.723. The van der Waals surface area contributed by atoms with Crippen molar-refractivity contribution in [3.05, 3.63) is 28.2 Å². The zero-order chi connectivity index (χ0) is 12.6. The van der Waals surface area contributed by atoms with Crippen LogP contribution in [-0.4, -0.2) is 17.5 Å². The number of carbonyl (C=O) groups excluding carboxylic acids is 1. The van der Waals surface area contributed by atoms with Gasteiger partial charge in [-0.1, -0.05) is 22.9 Å². The summed E-state index contributed by atoms with van der Waals surface area (Å²) in [4.78, 5) is 20.2. The molecule has 1 heterocycles. The second-order valence-electron chi connectivity index (χ2n) is 4.33. The molecule has 0 radical (unpaired) electrons. The van der Waals surface area contributed by atoms with Crippen LogP contribution in [0.3, 0.4) is 0 Å². The topological polar surface area (TPSA) is 66.4 Å². The minimum Gasteiger partial charge on any atom is -0.483 e. The van der Waals surface area contributed by atoms with Gasteiger partial charge in [-0.25, -0.2) is 0 Å². The number of carboxylic acid groups (broad SMARTS) is 1. The maximum absolute atomic E-state index is 11.8. The molecular weight excluding hydrogens is 286 g/mol. The number of hydrogen-bond acceptors (Lipinski definition) is 2. The zero-order valence-electron chi connectivity index (χ0n) is 9.24. The van der Waals surface area contributed by atoms with Crippen molar-refractivity contribution < 1.29 is 14.7 Å². The van der Waals surface area contributed by atoms with E-state index in [1.807, 2.05) is 12.1 Å². The van der Waals surface area contributed by atoms with Crippen LogP contribution in [0.2, 0.25) is 0 Å². The SMILES string of the molecule is CC1CC12C(=O)Nc1ccc(Br)cc12.O=CO. The number of fused-ring (bicyclic) bond motifs is 2. The second-order valence-corrected chi connectivity index (χ2v) is 5.24. The van der Waals surface area contributed by atoms with Crippen molar-refractivity contribution in [1.82, 2.24) is 0 Å². The van der Waals surface area contributed by atoms with Gasteiger partial charge >= 0.3 is 0 Å². The lowest BCUT2D eigenvalue weighted by atomic mass is 9.95. The molecule has 1 fully saturated rings. The normalized spacial score (nSPS) is 27.9. The van der Waals surface area contributed by atoms with E-state index in [9.17, 15) is 4.79 Å². The first kappa shape index (κ1) is 12.1. The van der Waals surface area contributed by atoms with Crippen molar-refractivity contribution in [1.29, 1.82) is 0 Å². The van der Waals surface area contributed by atoms with Crippen molar-refractivity contribution >= 4 is 34.0 Å². The largest absolute Gasteiger partial charge is 0.483 e. The lowest BCUT2D eigenvalue weighted by Crippen LogP contribution is -2.20. The minimum atomic E-state index is -0.250. The molecular formula is C12H12BrNO3. The summed E-state index contributed by atoms with van der Waals surface area (Å²) in [7, 11) is 0. The second kappa shape index (κ2) is 4.14. The highest BCUT2D eigenvalue weighted by molar-refractivity contribution is 9.10. The average molecular weight is 298 g/mol. The van der Waals surface area contributed by atoms with E-state index in [4.69, 9.17) is 9.90 Å². The fourth-order valence-electron chi connectivity index (χ4n) is 2.47. The van der Waals surface area contributed by atoms with Crippen molar-refractivity contribution in [2.45, 2.75) is 18.8 Å². The van der Waals surface area contributed by atoms with Gasteiger partial charge in [0.15, 0.2) is 0 Å². The molecule has 90 valence electrons. The monoisotopic (exact) mass is 297 g/mol. The van der Waals surface area contributed by atoms with Crippen LogP contribution in [0, 0.1) is 5.92 Å². The average Bonchev–Trinajstić information content (AvgIpc) is 2.87. The van der Waals surface area contributed by atoms with Gasteiger partial charge in [-0.2, -0.15) is 0 Å². The number of rotatable bonds is 0. The molecule has 1 saturated carbocycles. The summed E-state index contributed by atoms with van der Waals surface area (Å²) in [6.07, 6.45) is 0.988. The summed E-state index contributed by atoms with van der Waals surface area (Å²) in [6, 6.07) is 6.00. The summed E-state index contributed by atoms with van der Waals surface area (Å²) in [5.74, 6) is 0.663. The van der Waals surface area contributed by atoms with Gasteiger partial charge in [0.1, 0.15) is 0 Å². The van der Waals surface area contributed by atoms with Crippen LogP contribution in [0.1, 0.15) is 18.9 Å². The van der Waals surface area contributed by atoms with Crippen LogP contribution in [0.15, 0.2) is 22.7 Å². The Bertz CT molecular complexity index is 489. The van der Waals surface area contributed by atoms with Gasteiger partial charge in [0.25, 0.3) is 6.47 Å². The molecule has 1 aliphatic heterocycles. The van der Waals surface area contributed by atoms with Gasteiger partial charge in [0, 0.05) is 10.2 Å². The third kappa shape index (κ3) is 1.74. The third-order valence-electron chi connectivity index (χ3n) is 3.42. The maximum atomic E-state index is 11.8. The van der Waals surface area contributed by atoms with Crippen LogP contribution in [-0.2, 0) is 15.0 Å². The van der Waals surface area contributed by atoms with E-state index < -0.39 is 0 Å². The van der Waals surface area contributed by atoms with Crippen molar-refractivity contribution in [3.63, 3.8) is 0 Å². The molecule has 0 saturated heterocycles. The van der Waals surface area contributed by atoms with E-state index in [0.29, 0.717) is 5.92 Å². The first-order valence-electron chi connectivity index (χ1n) is 5.25. The summed E-state index contributed by atoms with van der Waals surface area (Å²) >= 11 is 3.45. The molecule has 1 aromatic carbocycles. The van der Waals surface area contributed by atoms with Gasteiger partial charge in [-0.15, -0.1) is 0 Å². The van der Waals surface area contributed by atoms with Crippen LogP contribution in [0.4, 0.5) is 5.69 Å². The smallest absolute Gasteiger partial charge is 0.290 e. The standard InChI is InChI=1S/C11H10BrNO.CH2O2/c1-6-5-11(6)8-4-7(12)2-3-9(8)13-10(11)14;2-1-3/h2-4,6H,5H2,1H3,(H,13,14);1H,(H,2,3). The Balaban J connectivity index is 0.000000329.